The maximum absolute atomic E-state index is 12.9. The van der Waals surface area contributed by atoms with Crippen molar-refractivity contribution in [2.75, 3.05) is 15.4 Å². The predicted octanol–water partition coefficient (Wildman–Crippen LogP) is 5.59. The van der Waals surface area contributed by atoms with E-state index in [0.29, 0.717) is 11.8 Å². The lowest BCUT2D eigenvalue weighted by atomic mass is 10.1. The number of amides is 1. The molecule has 1 saturated heterocycles. The highest BCUT2D eigenvalue weighted by Gasteiger charge is 2.34. The molecule has 1 heterocycles. The quantitative estimate of drug-likeness (QED) is 0.504. The van der Waals surface area contributed by atoms with E-state index in [0.717, 1.165) is 35.0 Å². The molecule has 4 rings (SSSR count). The standard InChI is InChI=1S/C23H19F3N2O3S2/c1-15-4-2-6-19(12-15)28-21(29)14-32-22(28)16-8-10-18(11-9-16)27-33(30,31)20-7-3-5-17(13-20)23(24,25)26/h2-13,22,27H,14H2,1H3. The number of aryl methyl sites for hydroxylation is 1. The molecule has 0 bridgehead atoms. The van der Waals surface area contributed by atoms with Gasteiger partial charge in [0.25, 0.3) is 10.0 Å². The molecule has 0 aromatic heterocycles. The van der Waals surface area contributed by atoms with Gasteiger partial charge in [-0.05, 0) is 60.5 Å². The van der Waals surface area contributed by atoms with Crippen LogP contribution in [0.1, 0.15) is 22.1 Å². The SMILES string of the molecule is Cc1cccc(N2C(=O)CSC2c2ccc(NS(=O)(=O)c3cccc(C(F)(F)F)c3)cc2)c1. The highest BCUT2D eigenvalue weighted by molar-refractivity contribution is 8.00. The molecule has 0 spiro atoms. The van der Waals surface area contributed by atoms with Gasteiger partial charge in [0.05, 0.1) is 16.2 Å². The molecule has 3 aromatic carbocycles. The molecule has 1 unspecified atom stereocenters. The molecule has 0 aliphatic carbocycles. The van der Waals surface area contributed by atoms with Gasteiger partial charge in [-0.2, -0.15) is 13.2 Å². The van der Waals surface area contributed by atoms with Crippen LogP contribution in [0, 0.1) is 6.92 Å². The Labute approximate surface area is 193 Å². The van der Waals surface area contributed by atoms with Crippen LogP contribution in [0.15, 0.2) is 77.7 Å². The minimum absolute atomic E-state index is 0.0232. The summed E-state index contributed by atoms with van der Waals surface area (Å²) in [4.78, 5) is 13.7. The lowest BCUT2D eigenvalue weighted by Crippen LogP contribution is -2.27. The molecule has 0 saturated carbocycles. The molecule has 1 aliphatic heterocycles. The second-order valence-corrected chi connectivity index (χ2v) is 10.3. The molecule has 1 N–H and O–H groups in total. The van der Waals surface area contributed by atoms with Crippen LogP contribution >= 0.6 is 11.8 Å². The largest absolute Gasteiger partial charge is 0.416 e. The lowest BCUT2D eigenvalue weighted by Gasteiger charge is -2.25. The van der Waals surface area contributed by atoms with E-state index in [1.54, 1.807) is 17.0 Å². The van der Waals surface area contributed by atoms with E-state index in [2.05, 4.69) is 4.72 Å². The van der Waals surface area contributed by atoms with Crippen LogP contribution in [-0.2, 0) is 21.0 Å². The molecule has 0 radical (unpaired) electrons. The Bertz CT molecular complexity index is 1290. The third-order valence-electron chi connectivity index (χ3n) is 5.07. The van der Waals surface area contributed by atoms with Crippen LogP contribution in [0.5, 0.6) is 0 Å². The van der Waals surface area contributed by atoms with Crippen LogP contribution in [-0.4, -0.2) is 20.1 Å². The number of halogens is 3. The second kappa shape index (κ2) is 8.75. The van der Waals surface area contributed by atoms with Crippen molar-refractivity contribution in [3.63, 3.8) is 0 Å². The summed E-state index contributed by atoms with van der Waals surface area (Å²) in [5, 5.41) is -0.270. The van der Waals surface area contributed by atoms with Gasteiger partial charge in [-0.1, -0.05) is 30.3 Å². The zero-order valence-electron chi connectivity index (χ0n) is 17.3. The fourth-order valence-electron chi connectivity index (χ4n) is 3.50. The van der Waals surface area contributed by atoms with Crippen LogP contribution in [0.4, 0.5) is 24.5 Å². The number of hydrogen-bond donors (Lipinski definition) is 1. The summed E-state index contributed by atoms with van der Waals surface area (Å²) in [6, 6.07) is 17.6. The molecule has 3 aromatic rings. The van der Waals surface area contributed by atoms with Crippen LogP contribution in [0.25, 0.3) is 0 Å². The molecular formula is C23H19F3N2O3S2. The first kappa shape index (κ1) is 23.2. The van der Waals surface area contributed by atoms with Crippen molar-refractivity contribution in [3.8, 4) is 0 Å². The summed E-state index contributed by atoms with van der Waals surface area (Å²) < 4.78 is 66.3. The summed E-state index contributed by atoms with van der Waals surface area (Å²) in [7, 11) is -4.22. The molecule has 33 heavy (non-hydrogen) atoms. The maximum atomic E-state index is 12.9. The monoisotopic (exact) mass is 492 g/mol. The van der Waals surface area contributed by atoms with Gasteiger partial charge in [-0.15, -0.1) is 11.8 Å². The summed E-state index contributed by atoms with van der Waals surface area (Å²) >= 11 is 1.46. The Hall–Kier alpha value is -2.98. The first-order chi connectivity index (χ1) is 15.5. The van der Waals surface area contributed by atoms with Crippen molar-refractivity contribution in [3.05, 3.63) is 89.5 Å². The van der Waals surface area contributed by atoms with Gasteiger partial charge in [-0.25, -0.2) is 8.42 Å². The van der Waals surface area contributed by atoms with E-state index >= 15 is 0 Å². The van der Waals surface area contributed by atoms with E-state index in [9.17, 15) is 26.4 Å². The molecule has 1 fully saturated rings. The number of thioether (sulfide) groups is 1. The van der Waals surface area contributed by atoms with Gasteiger partial charge in [0, 0.05) is 11.4 Å². The van der Waals surface area contributed by atoms with Crippen molar-refractivity contribution in [1.29, 1.82) is 0 Å². The fourth-order valence-corrected chi connectivity index (χ4v) is 5.78. The van der Waals surface area contributed by atoms with E-state index in [1.807, 2.05) is 31.2 Å². The number of anilines is 2. The third kappa shape index (κ3) is 5.01. The number of sulfonamides is 1. The van der Waals surface area contributed by atoms with E-state index in [1.165, 1.54) is 23.9 Å². The Morgan fingerprint density at radius 3 is 2.36 bits per heavy atom. The average Bonchev–Trinajstić information content (AvgIpc) is 3.15. The van der Waals surface area contributed by atoms with Gasteiger partial charge in [-0.3, -0.25) is 14.4 Å². The number of benzene rings is 3. The van der Waals surface area contributed by atoms with Crippen LogP contribution in [0.2, 0.25) is 0 Å². The van der Waals surface area contributed by atoms with Gasteiger partial charge >= 0.3 is 6.18 Å². The summed E-state index contributed by atoms with van der Waals surface area (Å²) in [5.41, 5.74) is 1.77. The highest BCUT2D eigenvalue weighted by atomic mass is 32.2. The van der Waals surface area contributed by atoms with Crippen LogP contribution < -0.4 is 9.62 Å². The number of nitrogens with one attached hydrogen (secondary N) is 1. The first-order valence-corrected chi connectivity index (χ1v) is 12.4. The van der Waals surface area contributed by atoms with Crippen molar-refractivity contribution in [2.45, 2.75) is 23.4 Å². The fraction of sp³-hybridized carbons (Fsp3) is 0.174. The molecular weight excluding hydrogens is 473 g/mol. The summed E-state index contributed by atoms with van der Waals surface area (Å²) in [5.74, 6) is 0.299. The Kier molecular flexibility index (Phi) is 6.15. The highest BCUT2D eigenvalue weighted by Crippen LogP contribution is 2.42. The first-order valence-electron chi connectivity index (χ1n) is 9.85. The van der Waals surface area contributed by atoms with E-state index < -0.39 is 26.7 Å². The summed E-state index contributed by atoms with van der Waals surface area (Å²) in [6.45, 7) is 1.94. The second-order valence-electron chi connectivity index (χ2n) is 7.52. The smallest absolute Gasteiger partial charge is 0.295 e. The van der Waals surface area contributed by atoms with Gasteiger partial charge in [0.1, 0.15) is 5.37 Å². The van der Waals surface area contributed by atoms with Crippen LogP contribution in [0.3, 0.4) is 0 Å². The predicted molar refractivity (Wildman–Crippen MR) is 123 cm³/mol. The van der Waals surface area contributed by atoms with Crippen molar-refractivity contribution >= 4 is 39.1 Å². The lowest BCUT2D eigenvalue weighted by molar-refractivity contribution is -0.137. The van der Waals surface area contributed by atoms with Gasteiger partial charge in [0.15, 0.2) is 0 Å². The average molecular weight is 493 g/mol. The molecule has 172 valence electrons. The number of alkyl halides is 3. The Morgan fingerprint density at radius 1 is 1.00 bits per heavy atom. The Morgan fingerprint density at radius 2 is 1.70 bits per heavy atom. The maximum Gasteiger partial charge on any atom is 0.416 e. The number of carbonyl (C=O) groups is 1. The summed E-state index contributed by atoms with van der Waals surface area (Å²) in [6.07, 6.45) is -4.65. The van der Waals surface area contributed by atoms with E-state index in [-0.39, 0.29) is 17.0 Å². The van der Waals surface area contributed by atoms with E-state index in [4.69, 9.17) is 0 Å². The molecule has 1 aliphatic rings. The van der Waals surface area contributed by atoms with Crippen molar-refractivity contribution < 1.29 is 26.4 Å². The normalized spacial score (nSPS) is 16.8. The number of rotatable bonds is 5. The topological polar surface area (TPSA) is 66.5 Å². The van der Waals surface area contributed by atoms with Crippen molar-refractivity contribution in [2.24, 2.45) is 0 Å². The molecule has 5 nitrogen and oxygen atoms in total. The molecule has 1 amide bonds. The third-order valence-corrected chi connectivity index (χ3v) is 7.66. The minimum Gasteiger partial charge on any atom is -0.295 e. The number of nitrogens with zero attached hydrogens (tertiary/aromatic N) is 1. The number of carbonyl (C=O) groups excluding carboxylic acids is 1. The number of hydrogen-bond acceptors (Lipinski definition) is 4. The zero-order chi connectivity index (χ0) is 23.8. The zero-order valence-corrected chi connectivity index (χ0v) is 19.0. The minimum atomic E-state index is -4.65. The molecule has 1 atom stereocenters. The van der Waals surface area contributed by atoms with Gasteiger partial charge in [0.2, 0.25) is 5.91 Å². The van der Waals surface area contributed by atoms with Gasteiger partial charge < -0.3 is 0 Å². The Balaban J connectivity index is 1.56. The van der Waals surface area contributed by atoms with Crippen molar-refractivity contribution in [1.82, 2.24) is 0 Å². The molecule has 10 heteroatoms.